The van der Waals surface area contributed by atoms with Crippen LogP contribution in [0, 0.1) is 20.8 Å². The van der Waals surface area contributed by atoms with Gasteiger partial charge in [0.05, 0.1) is 22.4 Å². The molecule has 2 aromatic heterocycles. The van der Waals surface area contributed by atoms with Crippen LogP contribution in [0.25, 0.3) is 22.1 Å². The van der Waals surface area contributed by atoms with Gasteiger partial charge in [0, 0.05) is 11.1 Å². The Morgan fingerprint density at radius 3 is 1.56 bits per heavy atom. The van der Waals surface area contributed by atoms with Crippen LogP contribution in [0.4, 0.5) is 11.4 Å². The summed E-state index contributed by atoms with van der Waals surface area (Å²) in [6, 6.07) is 38.4. The maximum atomic E-state index is 5.19. The van der Waals surface area contributed by atoms with Crippen molar-refractivity contribution in [2.75, 3.05) is 0 Å². The van der Waals surface area contributed by atoms with Crippen molar-refractivity contribution < 1.29 is 0 Å². The first-order chi connectivity index (χ1) is 21.0. The van der Waals surface area contributed by atoms with Crippen molar-refractivity contribution in [3.8, 4) is 0 Å². The highest BCUT2D eigenvalue weighted by molar-refractivity contribution is 6.06. The highest BCUT2D eigenvalue weighted by atomic mass is 15.5. The summed E-state index contributed by atoms with van der Waals surface area (Å²) in [4.78, 5) is 10.3. The summed E-state index contributed by atoms with van der Waals surface area (Å²) >= 11 is 0. The van der Waals surface area contributed by atoms with E-state index in [2.05, 4.69) is 83.0 Å². The minimum absolute atomic E-state index is 0.675. The largest absolute Gasteiger partial charge is 0.228 e. The Kier molecular flexibility index (Phi) is 6.63. The Morgan fingerprint density at radius 1 is 0.535 bits per heavy atom. The van der Waals surface area contributed by atoms with Crippen molar-refractivity contribution in [1.82, 2.24) is 30.0 Å². The number of aliphatic imine (C=N–C) groups is 2. The molecule has 0 radical (unpaired) electrons. The predicted octanol–water partition coefficient (Wildman–Crippen LogP) is 7.35. The first-order valence-electron chi connectivity index (χ1n) is 14.1. The van der Waals surface area contributed by atoms with Gasteiger partial charge in [-0.2, -0.15) is 9.36 Å². The molecule has 7 aromatic rings. The number of rotatable bonds is 4. The fourth-order valence-electron chi connectivity index (χ4n) is 4.95. The number of hydrogen-bond donors (Lipinski definition) is 0. The lowest BCUT2D eigenvalue weighted by Gasteiger charge is -2.11. The third-order valence-corrected chi connectivity index (χ3v) is 7.38. The summed E-state index contributed by atoms with van der Waals surface area (Å²) in [7, 11) is 0. The lowest BCUT2D eigenvalue weighted by atomic mass is 10.1. The Bertz CT molecular complexity index is 2150. The fraction of sp³-hybridized carbons (Fsp3) is 0.0857. The molecule has 7 rings (SSSR count). The van der Waals surface area contributed by atoms with E-state index >= 15 is 0 Å². The monoisotopic (exact) mass is 560 g/mol. The summed E-state index contributed by atoms with van der Waals surface area (Å²) in [5, 5.41) is 17.7. The van der Waals surface area contributed by atoms with Gasteiger partial charge in [0.15, 0.2) is 11.7 Å². The molecule has 0 amide bonds. The summed E-state index contributed by atoms with van der Waals surface area (Å²) in [5.74, 6) is 1.35. The van der Waals surface area contributed by atoms with Gasteiger partial charge in [-0.05, 0) is 62.7 Å². The number of aryl methyl sites for hydroxylation is 3. The predicted molar refractivity (Wildman–Crippen MR) is 172 cm³/mol. The minimum atomic E-state index is 0.675. The number of benzene rings is 5. The van der Waals surface area contributed by atoms with Crippen LogP contribution in [-0.4, -0.2) is 41.7 Å². The quantitative estimate of drug-likeness (QED) is 0.166. The van der Waals surface area contributed by atoms with Gasteiger partial charge in [0.2, 0.25) is 0 Å². The van der Waals surface area contributed by atoms with E-state index in [4.69, 9.17) is 9.98 Å². The van der Waals surface area contributed by atoms with Crippen molar-refractivity contribution in [1.29, 1.82) is 0 Å². The zero-order chi connectivity index (χ0) is 29.3. The Balaban J connectivity index is 1.40. The molecule has 5 aromatic carbocycles. The van der Waals surface area contributed by atoms with E-state index in [9.17, 15) is 0 Å². The molecular weight excluding hydrogens is 532 g/mol. The van der Waals surface area contributed by atoms with Crippen molar-refractivity contribution in [2.24, 2.45) is 9.98 Å². The van der Waals surface area contributed by atoms with Crippen LogP contribution in [0.15, 0.2) is 125 Å². The fourth-order valence-corrected chi connectivity index (χ4v) is 4.95. The molecule has 0 atom stereocenters. The number of hydrogen-bond acceptors (Lipinski definition) is 6. The third-order valence-electron chi connectivity index (χ3n) is 7.38. The van der Waals surface area contributed by atoms with Gasteiger partial charge in [0.1, 0.15) is 11.0 Å². The summed E-state index contributed by atoms with van der Waals surface area (Å²) in [6.07, 6.45) is 0. The SMILES string of the molecule is Cc1ccc(C(=Nc2ccc(C)c(N=C(c3ccc(C)cc3)n3nnc4ccccc43)c2)n2nnc3ccccc32)cc1. The zero-order valence-electron chi connectivity index (χ0n) is 24.0. The summed E-state index contributed by atoms with van der Waals surface area (Å²) in [5.41, 5.74) is 10.1. The standard InChI is InChI=1S/C35H28N8/c1-23-12-17-26(18-13-23)34(42-32-10-6-4-8-29(32)38-40-42)36-28-21-16-25(3)31(22-28)37-35(27-19-14-24(2)15-20-27)43-33-11-7-5-9-30(33)39-41-43/h4-22H,1-3H3. The second kappa shape index (κ2) is 10.9. The van der Waals surface area contributed by atoms with Gasteiger partial charge in [-0.15, -0.1) is 10.2 Å². The van der Waals surface area contributed by atoms with Crippen LogP contribution in [0.1, 0.15) is 27.8 Å². The molecule has 8 nitrogen and oxygen atoms in total. The van der Waals surface area contributed by atoms with E-state index in [0.717, 1.165) is 50.1 Å². The van der Waals surface area contributed by atoms with Crippen molar-refractivity contribution in [2.45, 2.75) is 20.8 Å². The van der Waals surface area contributed by atoms with E-state index in [-0.39, 0.29) is 0 Å². The molecular formula is C35H28N8. The second-order valence-electron chi connectivity index (χ2n) is 10.6. The normalized spacial score (nSPS) is 12.3. The molecule has 208 valence electrons. The number of para-hydroxylation sites is 2. The maximum absolute atomic E-state index is 5.19. The lowest BCUT2D eigenvalue weighted by molar-refractivity contribution is 0.861. The van der Waals surface area contributed by atoms with Crippen molar-refractivity contribution in [3.05, 3.63) is 143 Å². The topological polar surface area (TPSA) is 86.1 Å². The molecule has 43 heavy (non-hydrogen) atoms. The van der Waals surface area contributed by atoms with Crippen LogP contribution in [0.3, 0.4) is 0 Å². The number of aromatic nitrogens is 6. The summed E-state index contributed by atoms with van der Waals surface area (Å²) < 4.78 is 3.59. The van der Waals surface area contributed by atoms with Crippen molar-refractivity contribution >= 4 is 45.1 Å². The van der Waals surface area contributed by atoms with Crippen LogP contribution in [0.5, 0.6) is 0 Å². The Morgan fingerprint density at radius 2 is 1.02 bits per heavy atom. The molecule has 0 saturated carbocycles. The van der Waals surface area contributed by atoms with E-state index < -0.39 is 0 Å². The van der Waals surface area contributed by atoms with Gasteiger partial charge in [0.25, 0.3) is 0 Å². The van der Waals surface area contributed by atoms with Gasteiger partial charge in [-0.1, -0.05) is 100 Å². The van der Waals surface area contributed by atoms with E-state index in [1.165, 1.54) is 11.1 Å². The van der Waals surface area contributed by atoms with Crippen LogP contribution < -0.4 is 0 Å². The highest BCUT2D eigenvalue weighted by Crippen LogP contribution is 2.28. The molecule has 0 saturated heterocycles. The molecule has 0 aliphatic heterocycles. The molecule has 0 fully saturated rings. The summed E-state index contributed by atoms with van der Waals surface area (Å²) in [6.45, 7) is 6.19. The minimum Gasteiger partial charge on any atom is -0.228 e. The molecule has 2 heterocycles. The molecule has 0 aliphatic carbocycles. The average molecular weight is 561 g/mol. The molecule has 0 bridgehead atoms. The molecule has 0 N–H and O–H groups in total. The van der Waals surface area contributed by atoms with Crippen LogP contribution in [-0.2, 0) is 0 Å². The zero-order valence-corrected chi connectivity index (χ0v) is 24.0. The van der Waals surface area contributed by atoms with Crippen molar-refractivity contribution in [3.63, 3.8) is 0 Å². The number of nitrogens with zero attached hydrogens (tertiary/aromatic N) is 8. The lowest BCUT2D eigenvalue weighted by Crippen LogP contribution is -2.15. The third kappa shape index (κ3) is 5.10. The van der Waals surface area contributed by atoms with Crippen LogP contribution >= 0.6 is 0 Å². The molecule has 0 unspecified atom stereocenters. The van der Waals surface area contributed by atoms with Gasteiger partial charge >= 0.3 is 0 Å². The highest BCUT2D eigenvalue weighted by Gasteiger charge is 2.16. The first kappa shape index (κ1) is 26.2. The number of fused-ring (bicyclic) bond motifs is 2. The Hall–Kier alpha value is -5.76. The van der Waals surface area contributed by atoms with E-state index in [1.807, 2.05) is 73.7 Å². The average Bonchev–Trinajstić information content (AvgIpc) is 3.66. The van der Waals surface area contributed by atoms with E-state index in [0.29, 0.717) is 11.7 Å². The van der Waals surface area contributed by atoms with Gasteiger partial charge in [-0.25, -0.2) is 9.98 Å². The van der Waals surface area contributed by atoms with Gasteiger partial charge < -0.3 is 0 Å². The van der Waals surface area contributed by atoms with Crippen LogP contribution in [0.2, 0.25) is 0 Å². The van der Waals surface area contributed by atoms with E-state index in [1.54, 1.807) is 9.36 Å². The molecule has 0 spiro atoms. The first-order valence-corrected chi connectivity index (χ1v) is 14.1. The Labute approximate surface area is 248 Å². The second-order valence-corrected chi connectivity index (χ2v) is 10.6. The smallest absolute Gasteiger partial charge is 0.163 e. The maximum Gasteiger partial charge on any atom is 0.163 e. The molecule has 0 aliphatic rings. The van der Waals surface area contributed by atoms with Gasteiger partial charge in [-0.3, -0.25) is 0 Å². The molecule has 8 heteroatoms.